The van der Waals surface area contributed by atoms with Gasteiger partial charge >= 0.3 is 0 Å². The summed E-state index contributed by atoms with van der Waals surface area (Å²) in [6.07, 6.45) is 0. The number of halogens is 3. The van der Waals surface area contributed by atoms with Gasteiger partial charge in [0.15, 0.2) is 11.5 Å². The molecule has 0 aliphatic carbocycles. The van der Waals surface area contributed by atoms with Crippen LogP contribution in [0.3, 0.4) is 0 Å². The number of hydrogen-bond acceptors (Lipinski definition) is 3. The van der Waals surface area contributed by atoms with Crippen molar-refractivity contribution in [3.8, 4) is 11.5 Å². The van der Waals surface area contributed by atoms with Gasteiger partial charge in [-0.1, -0.05) is 29.3 Å². The van der Waals surface area contributed by atoms with Gasteiger partial charge in [-0.15, -0.1) is 0 Å². The number of hydrogen-bond donors (Lipinski definition) is 0. The molecule has 4 nitrogen and oxygen atoms in total. The molecule has 132 valence electrons. The average Bonchev–Trinajstić information content (AvgIpc) is 2.62. The normalized spacial score (nSPS) is 12.8. The predicted octanol–water partition coefficient (Wildman–Crippen LogP) is 4.57. The van der Waals surface area contributed by atoms with Crippen molar-refractivity contribution in [2.24, 2.45) is 0 Å². The fourth-order valence-electron chi connectivity index (χ4n) is 2.59. The quantitative estimate of drug-likeness (QED) is 0.726. The summed E-state index contributed by atoms with van der Waals surface area (Å²) < 4.78 is 24.8. The Hall–Kier alpha value is -1.98. The third-order valence-electron chi connectivity index (χ3n) is 3.89. The molecule has 1 aliphatic heterocycles. The van der Waals surface area contributed by atoms with Crippen molar-refractivity contribution >= 4 is 29.1 Å². The molecular formula is C18H16Cl2FNO3. The molecule has 1 heterocycles. The highest BCUT2D eigenvalue weighted by molar-refractivity contribution is 6.36. The summed E-state index contributed by atoms with van der Waals surface area (Å²) in [5.74, 6) is 0.303. The zero-order chi connectivity index (χ0) is 18.0. The number of fused-ring (bicyclic) bond motifs is 1. The van der Waals surface area contributed by atoms with E-state index in [1.807, 2.05) is 25.1 Å². The van der Waals surface area contributed by atoms with Crippen molar-refractivity contribution < 1.29 is 18.7 Å². The third-order valence-corrected chi connectivity index (χ3v) is 4.49. The molecule has 0 aromatic heterocycles. The van der Waals surface area contributed by atoms with Crippen LogP contribution in [0, 0.1) is 5.82 Å². The van der Waals surface area contributed by atoms with Crippen LogP contribution in [0.1, 0.15) is 22.8 Å². The fourth-order valence-corrected chi connectivity index (χ4v) is 3.05. The van der Waals surface area contributed by atoms with Crippen LogP contribution in [0.5, 0.6) is 11.5 Å². The van der Waals surface area contributed by atoms with Gasteiger partial charge in [-0.25, -0.2) is 4.39 Å². The van der Waals surface area contributed by atoms with E-state index in [0.29, 0.717) is 37.8 Å². The first kappa shape index (κ1) is 17.8. The largest absolute Gasteiger partial charge is 0.486 e. The van der Waals surface area contributed by atoms with E-state index in [0.717, 1.165) is 11.6 Å². The molecule has 7 heteroatoms. The molecule has 0 bridgehead atoms. The van der Waals surface area contributed by atoms with Crippen LogP contribution < -0.4 is 9.47 Å². The van der Waals surface area contributed by atoms with E-state index in [1.165, 1.54) is 6.07 Å². The number of amides is 1. The predicted molar refractivity (Wildman–Crippen MR) is 94.3 cm³/mol. The lowest BCUT2D eigenvalue weighted by atomic mass is 10.1. The third kappa shape index (κ3) is 3.83. The molecule has 0 radical (unpaired) electrons. The number of carbonyl (C=O) groups excluding carboxylic acids is 1. The van der Waals surface area contributed by atoms with E-state index in [9.17, 15) is 9.18 Å². The van der Waals surface area contributed by atoms with E-state index in [2.05, 4.69) is 0 Å². The number of nitrogens with zero attached hydrogens (tertiary/aromatic N) is 1. The minimum atomic E-state index is -0.676. The van der Waals surface area contributed by atoms with Crippen LogP contribution in [-0.4, -0.2) is 30.6 Å². The van der Waals surface area contributed by atoms with E-state index in [4.69, 9.17) is 32.7 Å². The monoisotopic (exact) mass is 383 g/mol. The fraction of sp³-hybridized carbons (Fsp3) is 0.278. The number of ether oxygens (including phenoxy) is 2. The first-order valence-electron chi connectivity index (χ1n) is 7.82. The summed E-state index contributed by atoms with van der Waals surface area (Å²) >= 11 is 11.8. The lowest BCUT2D eigenvalue weighted by Gasteiger charge is -2.23. The number of carbonyl (C=O) groups is 1. The summed E-state index contributed by atoms with van der Waals surface area (Å²) in [6.45, 7) is 3.63. The summed E-state index contributed by atoms with van der Waals surface area (Å²) in [5, 5.41) is 0.00783. The van der Waals surface area contributed by atoms with Crippen molar-refractivity contribution in [2.45, 2.75) is 13.5 Å². The maximum Gasteiger partial charge on any atom is 0.255 e. The molecule has 0 saturated carbocycles. The average molecular weight is 384 g/mol. The molecule has 1 aliphatic rings. The Balaban J connectivity index is 1.83. The molecule has 2 aromatic carbocycles. The Morgan fingerprint density at radius 2 is 1.84 bits per heavy atom. The highest BCUT2D eigenvalue weighted by Gasteiger charge is 2.20. The minimum Gasteiger partial charge on any atom is -0.486 e. The van der Waals surface area contributed by atoms with Crippen molar-refractivity contribution in [1.82, 2.24) is 4.90 Å². The van der Waals surface area contributed by atoms with Crippen molar-refractivity contribution in [1.29, 1.82) is 0 Å². The first-order chi connectivity index (χ1) is 12.0. The Morgan fingerprint density at radius 3 is 2.56 bits per heavy atom. The van der Waals surface area contributed by atoms with Crippen LogP contribution in [0.4, 0.5) is 4.39 Å². The molecular weight excluding hydrogens is 368 g/mol. The lowest BCUT2D eigenvalue weighted by Crippen LogP contribution is -2.30. The van der Waals surface area contributed by atoms with Crippen LogP contribution in [-0.2, 0) is 6.54 Å². The minimum absolute atomic E-state index is 0.0861. The Bertz CT molecular complexity index is 813. The van der Waals surface area contributed by atoms with Crippen LogP contribution in [0.15, 0.2) is 30.3 Å². The second kappa shape index (κ2) is 7.50. The summed E-state index contributed by atoms with van der Waals surface area (Å²) in [5.41, 5.74) is 0.966. The van der Waals surface area contributed by atoms with E-state index >= 15 is 0 Å². The van der Waals surface area contributed by atoms with Gasteiger partial charge in [0, 0.05) is 13.1 Å². The second-order valence-electron chi connectivity index (χ2n) is 5.54. The molecule has 0 unspecified atom stereocenters. The zero-order valence-electron chi connectivity index (χ0n) is 13.5. The van der Waals surface area contributed by atoms with Gasteiger partial charge < -0.3 is 14.4 Å². The molecule has 0 atom stereocenters. The van der Waals surface area contributed by atoms with Crippen LogP contribution in [0.25, 0.3) is 0 Å². The summed E-state index contributed by atoms with van der Waals surface area (Å²) in [7, 11) is 0. The van der Waals surface area contributed by atoms with Crippen molar-refractivity contribution in [2.75, 3.05) is 19.8 Å². The van der Waals surface area contributed by atoms with Crippen molar-refractivity contribution in [3.05, 3.63) is 57.3 Å². The Kier molecular flexibility index (Phi) is 5.35. The van der Waals surface area contributed by atoms with E-state index in [1.54, 1.807) is 4.90 Å². The summed E-state index contributed by atoms with van der Waals surface area (Å²) in [6, 6.07) is 7.84. The topological polar surface area (TPSA) is 38.8 Å². The van der Waals surface area contributed by atoms with Gasteiger partial charge in [0.2, 0.25) is 0 Å². The highest BCUT2D eigenvalue weighted by atomic mass is 35.5. The van der Waals surface area contributed by atoms with Crippen LogP contribution >= 0.6 is 23.2 Å². The van der Waals surface area contributed by atoms with Gasteiger partial charge in [-0.05, 0) is 36.8 Å². The maximum atomic E-state index is 13.7. The number of rotatable bonds is 4. The van der Waals surface area contributed by atoms with Gasteiger partial charge in [0.25, 0.3) is 5.91 Å². The molecule has 3 rings (SSSR count). The van der Waals surface area contributed by atoms with E-state index in [-0.39, 0.29) is 21.5 Å². The van der Waals surface area contributed by atoms with E-state index < -0.39 is 5.82 Å². The molecule has 1 amide bonds. The van der Waals surface area contributed by atoms with Crippen LogP contribution in [0.2, 0.25) is 10.0 Å². The molecule has 0 N–H and O–H groups in total. The first-order valence-corrected chi connectivity index (χ1v) is 8.57. The van der Waals surface area contributed by atoms with Gasteiger partial charge in [-0.2, -0.15) is 0 Å². The SMILES string of the molecule is CCN(Cc1ccc2c(c1)OCCO2)C(=O)c1cc(F)c(Cl)cc1Cl. The van der Waals surface area contributed by atoms with Crippen molar-refractivity contribution in [3.63, 3.8) is 0 Å². The summed E-state index contributed by atoms with van der Waals surface area (Å²) in [4.78, 5) is 14.3. The maximum absolute atomic E-state index is 13.7. The molecule has 0 fully saturated rings. The molecule has 25 heavy (non-hydrogen) atoms. The second-order valence-corrected chi connectivity index (χ2v) is 6.36. The lowest BCUT2D eigenvalue weighted by molar-refractivity contribution is 0.0752. The number of benzene rings is 2. The molecule has 0 saturated heterocycles. The molecule has 0 spiro atoms. The smallest absolute Gasteiger partial charge is 0.255 e. The van der Waals surface area contributed by atoms with Gasteiger partial charge in [-0.3, -0.25) is 4.79 Å². The molecule has 2 aromatic rings. The van der Waals surface area contributed by atoms with Gasteiger partial charge in [0.05, 0.1) is 15.6 Å². The Labute approximate surface area is 155 Å². The standard InChI is InChI=1S/C18H16Cl2FNO3/c1-2-22(18(23)12-8-15(21)14(20)9-13(12)19)10-11-3-4-16-17(7-11)25-6-5-24-16/h3-4,7-9H,2,5-6,10H2,1H3. The zero-order valence-corrected chi connectivity index (χ0v) is 15.0. The Morgan fingerprint density at radius 1 is 1.12 bits per heavy atom. The van der Waals surface area contributed by atoms with Gasteiger partial charge in [0.1, 0.15) is 19.0 Å². The highest BCUT2D eigenvalue weighted by Crippen LogP contribution is 2.31.